The lowest BCUT2D eigenvalue weighted by Crippen LogP contribution is -2.54. The van der Waals surface area contributed by atoms with Crippen LogP contribution in [0.25, 0.3) is 0 Å². The van der Waals surface area contributed by atoms with Gasteiger partial charge in [-0.15, -0.1) is 5.10 Å². The number of rotatable bonds is 4. The van der Waals surface area contributed by atoms with E-state index in [0.717, 1.165) is 58.9 Å². The molecule has 1 aromatic heterocycles. The second-order valence-corrected chi connectivity index (χ2v) is 16.2. The van der Waals surface area contributed by atoms with Gasteiger partial charge in [0.15, 0.2) is 0 Å². The second kappa shape index (κ2) is 19.4. The summed E-state index contributed by atoms with van der Waals surface area (Å²) in [4.78, 5) is 31.3. The molecule has 2 aliphatic rings. The van der Waals surface area contributed by atoms with Crippen molar-refractivity contribution < 1.29 is 9.59 Å². The summed E-state index contributed by atoms with van der Waals surface area (Å²) in [7, 11) is 0. The Morgan fingerprint density at radius 3 is 1.41 bits per heavy atom. The van der Waals surface area contributed by atoms with E-state index < -0.39 is 0 Å². The van der Waals surface area contributed by atoms with Gasteiger partial charge in [0.1, 0.15) is 5.78 Å². The Morgan fingerprint density at radius 2 is 1.14 bits per heavy atom. The Bertz CT molecular complexity index is 910. The van der Waals surface area contributed by atoms with Crippen molar-refractivity contribution in [2.75, 3.05) is 58.9 Å². The standard InChI is InChI=1S/C12H24N2O.C11H20N2O.C6H11N3.C5H12.CH4/c1-11(15)5-6-13-7-9-14(10-8-13)12(2,3)4;1-5-10(14)12-6-8-13(9-7-12)11(2,3)4;1-6(2,3)9-5-4-7-8-9;1-5(2,3)4;/h5-10H2,1-4H3;5H,1,6-9H2,2-4H3;4-5H,1-3H3;1-4H3;1H4. The third-order valence-electron chi connectivity index (χ3n) is 6.93. The molecule has 3 rings (SSSR count). The Morgan fingerprint density at radius 1 is 0.727 bits per heavy atom. The lowest BCUT2D eigenvalue weighted by Gasteiger charge is -2.42. The van der Waals surface area contributed by atoms with Crippen LogP contribution in [0, 0.1) is 5.41 Å². The molecular weight excluding hydrogens is 550 g/mol. The van der Waals surface area contributed by atoms with Crippen LogP contribution in [0.2, 0.25) is 0 Å². The van der Waals surface area contributed by atoms with Crippen molar-refractivity contribution in [1.82, 2.24) is 34.6 Å². The molecule has 9 nitrogen and oxygen atoms in total. The average Bonchev–Trinajstić information content (AvgIpc) is 3.42. The molecule has 9 heteroatoms. The maximum Gasteiger partial charge on any atom is 0.246 e. The van der Waals surface area contributed by atoms with Gasteiger partial charge in [0.05, 0.1) is 11.7 Å². The van der Waals surface area contributed by atoms with Crippen molar-refractivity contribution in [3.63, 3.8) is 0 Å². The minimum Gasteiger partial charge on any atom is -0.337 e. The van der Waals surface area contributed by atoms with Crippen LogP contribution >= 0.6 is 0 Å². The Balaban J connectivity index is 0. The van der Waals surface area contributed by atoms with E-state index in [9.17, 15) is 9.59 Å². The van der Waals surface area contributed by atoms with Crippen LogP contribution in [-0.2, 0) is 15.1 Å². The predicted molar refractivity (Wildman–Crippen MR) is 188 cm³/mol. The summed E-state index contributed by atoms with van der Waals surface area (Å²) in [6.45, 7) is 42.5. The van der Waals surface area contributed by atoms with Gasteiger partial charge in [-0.05, 0) is 80.7 Å². The van der Waals surface area contributed by atoms with Gasteiger partial charge in [0.2, 0.25) is 5.91 Å². The van der Waals surface area contributed by atoms with Gasteiger partial charge in [-0.25, -0.2) is 4.68 Å². The Labute approximate surface area is 272 Å². The highest BCUT2D eigenvalue weighted by atomic mass is 16.2. The molecule has 1 aromatic rings. The number of hydrogen-bond donors (Lipinski definition) is 0. The molecule has 258 valence electrons. The van der Waals surface area contributed by atoms with Crippen LogP contribution < -0.4 is 0 Å². The molecule has 2 fully saturated rings. The van der Waals surface area contributed by atoms with Gasteiger partial charge in [0.25, 0.3) is 0 Å². The van der Waals surface area contributed by atoms with E-state index >= 15 is 0 Å². The highest BCUT2D eigenvalue weighted by molar-refractivity contribution is 5.87. The number of amides is 1. The maximum atomic E-state index is 11.3. The SMILES string of the molecule is C.C=CC(=O)N1CCN(C(C)(C)C)CC1.CC(=O)CCN1CCN(C(C)(C)C)CC1.CC(C)(C)C.CC(C)(C)n1ccnn1. The zero-order chi connectivity index (χ0) is 33.6. The number of carbonyl (C=O) groups is 2. The summed E-state index contributed by atoms with van der Waals surface area (Å²) in [5.74, 6) is 0.354. The molecule has 2 saturated heterocycles. The molecule has 0 N–H and O–H groups in total. The molecule has 1 amide bonds. The van der Waals surface area contributed by atoms with Crippen molar-refractivity contribution in [1.29, 1.82) is 0 Å². The van der Waals surface area contributed by atoms with Gasteiger partial charge < -0.3 is 9.80 Å². The molecule has 0 saturated carbocycles. The van der Waals surface area contributed by atoms with Crippen LogP contribution in [0.3, 0.4) is 0 Å². The molecule has 3 heterocycles. The lowest BCUT2D eigenvalue weighted by atomic mass is 10.0. The van der Waals surface area contributed by atoms with Crippen molar-refractivity contribution in [2.24, 2.45) is 5.41 Å². The van der Waals surface area contributed by atoms with Crippen LogP contribution in [0.5, 0.6) is 0 Å². The zero-order valence-electron chi connectivity index (χ0n) is 30.5. The van der Waals surface area contributed by atoms with E-state index in [2.05, 4.69) is 122 Å². The quantitative estimate of drug-likeness (QED) is 0.370. The molecule has 2 aliphatic heterocycles. The monoisotopic (exact) mass is 622 g/mol. The normalized spacial score (nSPS) is 17.0. The largest absolute Gasteiger partial charge is 0.337 e. The first kappa shape index (κ1) is 44.0. The van der Waals surface area contributed by atoms with E-state index in [1.54, 1.807) is 13.1 Å². The summed E-state index contributed by atoms with van der Waals surface area (Å²) >= 11 is 0. The Hall–Kier alpha value is -2.10. The zero-order valence-corrected chi connectivity index (χ0v) is 30.5. The number of nitrogens with zero attached hydrogens (tertiary/aromatic N) is 7. The molecule has 0 bridgehead atoms. The molecule has 44 heavy (non-hydrogen) atoms. The number of ketones is 1. The van der Waals surface area contributed by atoms with Crippen molar-refractivity contribution in [3.8, 4) is 0 Å². The van der Waals surface area contributed by atoms with E-state index in [-0.39, 0.29) is 30.0 Å². The third kappa shape index (κ3) is 20.8. The minimum atomic E-state index is 0. The Kier molecular flexibility index (Phi) is 19.4. The number of aromatic nitrogens is 3. The molecule has 0 atom stereocenters. The second-order valence-electron chi connectivity index (χ2n) is 16.2. The first-order valence-electron chi connectivity index (χ1n) is 15.9. The summed E-state index contributed by atoms with van der Waals surface area (Å²) in [6.07, 6.45) is 5.65. The number of carbonyl (C=O) groups excluding carboxylic acids is 2. The number of hydrogen-bond acceptors (Lipinski definition) is 7. The van der Waals surface area contributed by atoms with Gasteiger partial charge in [0, 0.05) is 82.6 Å². The van der Waals surface area contributed by atoms with E-state index in [1.165, 1.54) is 6.08 Å². The van der Waals surface area contributed by atoms with Crippen LogP contribution in [-0.4, -0.2) is 116 Å². The fourth-order valence-electron chi connectivity index (χ4n) is 4.25. The fourth-order valence-corrected chi connectivity index (χ4v) is 4.25. The molecule has 0 aliphatic carbocycles. The van der Waals surface area contributed by atoms with E-state index in [4.69, 9.17) is 0 Å². The fraction of sp³-hybridized carbons (Fsp3) is 0.829. The van der Waals surface area contributed by atoms with Crippen LogP contribution in [0.1, 0.15) is 111 Å². The smallest absolute Gasteiger partial charge is 0.246 e. The van der Waals surface area contributed by atoms with Crippen molar-refractivity contribution in [3.05, 3.63) is 25.0 Å². The van der Waals surface area contributed by atoms with Gasteiger partial charge >= 0.3 is 0 Å². The van der Waals surface area contributed by atoms with Gasteiger partial charge in [-0.3, -0.25) is 19.4 Å². The van der Waals surface area contributed by atoms with Gasteiger partial charge in [-0.1, -0.05) is 46.9 Å². The lowest BCUT2D eigenvalue weighted by molar-refractivity contribution is -0.128. The summed E-state index contributed by atoms with van der Waals surface area (Å²) in [5.41, 5.74) is 1.06. The van der Waals surface area contributed by atoms with Crippen LogP contribution in [0.4, 0.5) is 0 Å². The van der Waals surface area contributed by atoms with Crippen molar-refractivity contribution >= 4 is 11.7 Å². The summed E-state index contributed by atoms with van der Waals surface area (Å²) < 4.78 is 1.83. The minimum absolute atomic E-state index is 0. The molecule has 0 spiro atoms. The van der Waals surface area contributed by atoms with E-state index in [0.29, 0.717) is 17.6 Å². The first-order valence-corrected chi connectivity index (χ1v) is 15.9. The van der Waals surface area contributed by atoms with Crippen LogP contribution in [0.15, 0.2) is 25.0 Å². The highest BCUT2D eigenvalue weighted by Gasteiger charge is 2.27. The van der Waals surface area contributed by atoms with Crippen molar-refractivity contribution in [2.45, 2.75) is 127 Å². The van der Waals surface area contributed by atoms with Gasteiger partial charge in [-0.2, -0.15) is 0 Å². The molecule has 0 aromatic carbocycles. The molecular formula is C35H71N7O2. The summed E-state index contributed by atoms with van der Waals surface area (Å²) in [5, 5.41) is 7.56. The summed E-state index contributed by atoms with van der Waals surface area (Å²) in [6, 6.07) is 0. The first-order chi connectivity index (χ1) is 19.4. The predicted octanol–water partition coefficient (Wildman–Crippen LogP) is 6.22. The average molecular weight is 622 g/mol. The number of piperazine rings is 2. The van der Waals surface area contributed by atoms with E-state index in [1.807, 2.05) is 15.8 Å². The highest BCUT2D eigenvalue weighted by Crippen LogP contribution is 2.17. The maximum absolute atomic E-state index is 11.3. The molecule has 0 unspecified atom stereocenters. The molecule has 0 radical (unpaired) electrons. The third-order valence-corrected chi connectivity index (χ3v) is 6.93. The topological polar surface area (TPSA) is 77.8 Å². The number of Topliss-reactive ketones (excluding diaryl/α,β-unsaturated/α-hetero) is 1.